The van der Waals surface area contributed by atoms with E-state index in [-0.39, 0.29) is 24.2 Å². The highest BCUT2D eigenvalue weighted by Gasteiger charge is 2.40. The minimum Gasteiger partial charge on any atom is -0.316 e. The first-order valence-corrected chi connectivity index (χ1v) is 8.52. The molecule has 0 aromatic heterocycles. The predicted molar refractivity (Wildman–Crippen MR) is 77.3 cm³/mol. The van der Waals surface area contributed by atoms with E-state index >= 15 is 0 Å². The Morgan fingerprint density at radius 3 is 2.64 bits per heavy atom. The van der Waals surface area contributed by atoms with Gasteiger partial charge in [0.15, 0.2) is 0 Å². The lowest BCUT2D eigenvalue weighted by atomic mass is 10.1. The molecule has 1 N–H and O–H groups in total. The van der Waals surface area contributed by atoms with Crippen LogP contribution in [-0.2, 0) is 16.2 Å². The third kappa shape index (κ3) is 3.56. The van der Waals surface area contributed by atoms with Gasteiger partial charge >= 0.3 is 6.18 Å². The molecule has 1 aromatic rings. The Labute approximate surface area is 132 Å². The standard InChI is InChI=1S/C13H16ClF3N2O2S/c1-18-10-3-2-6-19(8-10)22(20,21)12-5-4-9(14)7-11(12)13(15,16)17/h4-5,7,10,18H,2-3,6,8H2,1H3. The van der Waals surface area contributed by atoms with Gasteiger partial charge in [0.05, 0.1) is 10.5 Å². The first-order valence-electron chi connectivity index (χ1n) is 6.70. The van der Waals surface area contributed by atoms with Crippen LogP contribution in [-0.4, -0.2) is 38.9 Å². The summed E-state index contributed by atoms with van der Waals surface area (Å²) in [4.78, 5) is -0.749. The lowest BCUT2D eigenvalue weighted by Gasteiger charge is -2.32. The van der Waals surface area contributed by atoms with Crippen LogP contribution in [0.5, 0.6) is 0 Å². The zero-order valence-corrected chi connectivity index (χ0v) is 13.4. The second kappa shape index (κ2) is 6.35. The smallest absolute Gasteiger partial charge is 0.316 e. The summed E-state index contributed by atoms with van der Waals surface area (Å²) in [5, 5.41) is 2.81. The van der Waals surface area contributed by atoms with Crippen LogP contribution >= 0.6 is 11.6 Å². The summed E-state index contributed by atoms with van der Waals surface area (Å²) in [6, 6.07) is 2.66. The Hall–Kier alpha value is -0.830. The number of rotatable bonds is 3. The van der Waals surface area contributed by atoms with Crippen molar-refractivity contribution in [1.29, 1.82) is 0 Å². The number of benzene rings is 1. The number of nitrogens with one attached hydrogen (secondary N) is 1. The molecule has 0 bridgehead atoms. The van der Waals surface area contributed by atoms with Crippen molar-refractivity contribution in [2.24, 2.45) is 0 Å². The average molecular weight is 357 g/mol. The normalized spacial score (nSPS) is 21.0. The van der Waals surface area contributed by atoms with Gasteiger partial charge in [-0.1, -0.05) is 11.6 Å². The molecule has 1 atom stereocenters. The second-order valence-corrected chi connectivity index (χ2v) is 7.47. The van der Waals surface area contributed by atoms with Crippen molar-refractivity contribution in [2.45, 2.75) is 30.0 Å². The van der Waals surface area contributed by atoms with Crippen molar-refractivity contribution in [2.75, 3.05) is 20.1 Å². The van der Waals surface area contributed by atoms with Gasteiger partial charge in [-0.05, 0) is 38.1 Å². The first-order chi connectivity index (χ1) is 10.2. The quantitative estimate of drug-likeness (QED) is 0.906. The first kappa shape index (κ1) is 17.5. The fourth-order valence-electron chi connectivity index (χ4n) is 2.48. The predicted octanol–water partition coefficient (Wildman–Crippen LogP) is 2.73. The van der Waals surface area contributed by atoms with Crippen LogP contribution in [0, 0.1) is 0 Å². The van der Waals surface area contributed by atoms with Gasteiger partial charge < -0.3 is 5.32 Å². The maximum absolute atomic E-state index is 13.1. The Balaban J connectivity index is 2.46. The molecule has 4 nitrogen and oxygen atoms in total. The fraction of sp³-hybridized carbons (Fsp3) is 0.538. The molecule has 124 valence electrons. The van der Waals surface area contributed by atoms with E-state index in [2.05, 4.69) is 5.32 Å². The van der Waals surface area contributed by atoms with Crippen LogP contribution in [0.15, 0.2) is 23.1 Å². The zero-order valence-electron chi connectivity index (χ0n) is 11.8. The number of alkyl halides is 3. The molecule has 1 aliphatic rings. The molecule has 0 saturated carbocycles. The lowest BCUT2D eigenvalue weighted by Crippen LogP contribution is -2.47. The van der Waals surface area contributed by atoms with Gasteiger partial charge in [0.1, 0.15) is 0 Å². The highest BCUT2D eigenvalue weighted by atomic mass is 35.5. The summed E-state index contributed by atoms with van der Waals surface area (Å²) in [6.45, 7) is 0.360. The number of sulfonamides is 1. The van der Waals surface area contributed by atoms with E-state index < -0.39 is 26.7 Å². The van der Waals surface area contributed by atoms with Crippen molar-refractivity contribution >= 4 is 21.6 Å². The molecular formula is C13H16ClF3N2O2S. The Bertz CT molecular complexity index is 649. The summed E-state index contributed by atoms with van der Waals surface area (Å²) in [5.74, 6) is 0. The van der Waals surface area contributed by atoms with Gasteiger partial charge in [-0.25, -0.2) is 8.42 Å². The van der Waals surface area contributed by atoms with Crippen LogP contribution < -0.4 is 5.32 Å². The Morgan fingerprint density at radius 2 is 2.05 bits per heavy atom. The molecule has 1 aliphatic heterocycles. The van der Waals surface area contributed by atoms with Crippen LogP contribution in [0.1, 0.15) is 18.4 Å². The molecule has 1 unspecified atom stereocenters. The van der Waals surface area contributed by atoms with Crippen LogP contribution in [0.3, 0.4) is 0 Å². The number of hydrogen-bond acceptors (Lipinski definition) is 3. The third-order valence-electron chi connectivity index (χ3n) is 3.66. The van der Waals surface area contributed by atoms with Crippen LogP contribution in [0.4, 0.5) is 13.2 Å². The Kier molecular flexibility index (Phi) is 5.06. The van der Waals surface area contributed by atoms with Crippen LogP contribution in [0.2, 0.25) is 5.02 Å². The fourth-order valence-corrected chi connectivity index (χ4v) is 4.37. The molecule has 0 radical (unpaired) electrons. The van der Waals surface area contributed by atoms with E-state index in [0.29, 0.717) is 12.5 Å². The molecule has 1 aromatic carbocycles. The van der Waals surface area contributed by atoms with Gasteiger partial charge in [-0.2, -0.15) is 17.5 Å². The number of likely N-dealkylation sites (N-methyl/N-ethyl adjacent to an activating group) is 1. The van der Waals surface area contributed by atoms with Gasteiger partial charge in [0.25, 0.3) is 0 Å². The van der Waals surface area contributed by atoms with E-state index in [4.69, 9.17) is 11.6 Å². The number of piperidine rings is 1. The van der Waals surface area contributed by atoms with E-state index in [1.54, 1.807) is 7.05 Å². The molecule has 0 aliphatic carbocycles. The number of halogens is 4. The van der Waals surface area contributed by atoms with Crippen molar-refractivity contribution in [3.05, 3.63) is 28.8 Å². The van der Waals surface area contributed by atoms with Crippen molar-refractivity contribution in [3.8, 4) is 0 Å². The summed E-state index contributed by atoms with van der Waals surface area (Å²) in [5.41, 5.74) is -1.23. The summed E-state index contributed by atoms with van der Waals surface area (Å²) < 4.78 is 65.6. The highest BCUT2D eigenvalue weighted by molar-refractivity contribution is 7.89. The largest absolute Gasteiger partial charge is 0.417 e. The van der Waals surface area contributed by atoms with Gasteiger partial charge in [0.2, 0.25) is 10.0 Å². The second-order valence-electron chi connectivity index (χ2n) is 5.13. The maximum atomic E-state index is 13.1. The summed E-state index contributed by atoms with van der Waals surface area (Å²) >= 11 is 5.59. The van der Waals surface area contributed by atoms with E-state index in [9.17, 15) is 21.6 Å². The number of hydrogen-bond donors (Lipinski definition) is 1. The average Bonchev–Trinajstić information content (AvgIpc) is 2.46. The van der Waals surface area contributed by atoms with Crippen molar-refractivity contribution in [3.63, 3.8) is 0 Å². The van der Waals surface area contributed by atoms with E-state index in [0.717, 1.165) is 22.9 Å². The monoisotopic (exact) mass is 356 g/mol. The molecule has 1 fully saturated rings. The molecule has 1 heterocycles. The summed E-state index contributed by atoms with van der Waals surface area (Å²) in [7, 11) is -2.52. The molecule has 0 amide bonds. The highest BCUT2D eigenvalue weighted by Crippen LogP contribution is 2.37. The molecule has 2 rings (SSSR count). The Morgan fingerprint density at radius 1 is 1.36 bits per heavy atom. The molecule has 9 heteroatoms. The SMILES string of the molecule is CNC1CCCN(S(=O)(=O)c2ccc(Cl)cc2C(F)(F)F)C1. The van der Waals surface area contributed by atoms with Crippen LogP contribution in [0.25, 0.3) is 0 Å². The number of nitrogens with zero attached hydrogens (tertiary/aromatic N) is 1. The zero-order chi connectivity index (χ0) is 16.5. The minimum absolute atomic E-state index is 0.0647. The van der Waals surface area contributed by atoms with E-state index in [1.807, 2.05) is 0 Å². The molecule has 1 saturated heterocycles. The third-order valence-corrected chi connectivity index (χ3v) is 5.82. The molecule has 0 spiro atoms. The van der Waals surface area contributed by atoms with E-state index in [1.165, 1.54) is 0 Å². The minimum atomic E-state index is -4.79. The van der Waals surface area contributed by atoms with Gasteiger partial charge in [0, 0.05) is 24.2 Å². The summed E-state index contributed by atoms with van der Waals surface area (Å²) in [6.07, 6.45) is -3.40. The lowest BCUT2D eigenvalue weighted by molar-refractivity contribution is -0.139. The molecule has 22 heavy (non-hydrogen) atoms. The maximum Gasteiger partial charge on any atom is 0.417 e. The topological polar surface area (TPSA) is 49.4 Å². The van der Waals surface area contributed by atoms with Gasteiger partial charge in [-0.3, -0.25) is 0 Å². The molecular weight excluding hydrogens is 341 g/mol. The van der Waals surface area contributed by atoms with Crippen molar-refractivity contribution < 1.29 is 21.6 Å². The van der Waals surface area contributed by atoms with Crippen molar-refractivity contribution in [1.82, 2.24) is 9.62 Å². The van der Waals surface area contributed by atoms with Gasteiger partial charge in [-0.15, -0.1) is 0 Å².